The highest BCUT2D eigenvalue weighted by molar-refractivity contribution is 6.04. The Balaban J connectivity index is 1.92. The number of alkyl halides is 6. The van der Waals surface area contributed by atoms with Gasteiger partial charge in [-0.05, 0) is 47.5 Å². The normalized spacial score (nSPS) is 12.5. The first-order chi connectivity index (χ1) is 13.0. The number of ketones is 1. The summed E-state index contributed by atoms with van der Waals surface area (Å²) in [4.78, 5) is 11.8. The first-order valence-electron chi connectivity index (χ1n) is 7.62. The zero-order valence-electron chi connectivity index (χ0n) is 13.9. The van der Waals surface area contributed by atoms with Gasteiger partial charge in [-0.3, -0.25) is 4.79 Å². The highest BCUT2D eigenvalue weighted by atomic mass is 19.4. The number of hydrogen-bond acceptors (Lipinski definition) is 3. The average molecular weight is 402 g/mol. The summed E-state index contributed by atoms with van der Waals surface area (Å²) in [5.74, 6) is -1.19. The van der Waals surface area contributed by atoms with Crippen LogP contribution in [0, 0.1) is 0 Å². The van der Waals surface area contributed by atoms with Crippen molar-refractivity contribution in [2.75, 3.05) is 0 Å². The molecule has 0 bridgehead atoms. The number of halogens is 6. The number of carbonyl (C=O) groups excluding carboxylic acids is 1. The predicted octanol–water partition coefficient (Wildman–Crippen LogP) is 5.78. The molecule has 0 aliphatic carbocycles. The molecule has 0 atom stereocenters. The van der Waals surface area contributed by atoms with E-state index in [2.05, 4.69) is 9.47 Å². The van der Waals surface area contributed by atoms with E-state index in [9.17, 15) is 31.1 Å². The number of rotatable bonds is 6. The summed E-state index contributed by atoms with van der Waals surface area (Å²) >= 11 is 0. The lowest BCUT2D eigenvalue weighted by molar-refractivity contribution is -0.275. The molecule has 148 valence electrons. The van der Waals surface area contributed by atoms with Gasteiger partial charge in [-0.25, -0.2) is 0 Å². The highest BCUT2D eigenvalue weighted by Gasteiger charge is 2.31. The first kappa shape index (κ1) is 21.1. The van der Waals surface area contributed by atoms with Crippen LogP contribution >= 0.6 is 0 Å². The SMILES string of the molecule is O=C(C=Cc1ccc(OC(F)(F)F)cc1)C=Cc1ccc(OC(F)(F)F)cc1. The van der Waals surface area contributed by atoms with E-state index >= 15 is 0 Å². The van der Waals surface area contributed by atoms with Crippen LogP contribution in [0.5, 0.6) is 11.5 Å². The summed E-state index contributed by atoms with van der Waals surface area (Å²) in [6.07, 6.45) is -4.40. The lowest BCUT2D eigenvalue weighted by Gasteiger charge is -2.08. The second-order valence-electron chi connectivity index (χ2n) is 5.30. The van der Waals surface area contributed by atoms with Crippen molar-refractivity contribution in [3.63, 3.8) is 0 Å². The lowest BCUT2D eigenvalue weighted by Crippen LogP contribution is -2.16. The Morgan fingerprint density at radius 2 is 0.964 bits per heavy atom. The smallest absolute Gasteiger partial charge is 0.406 e. The topological polar surface area (TPSA) is 35.5 Å². The van der Waals surface area contributed by atoms with Crippen molar-refractivity contribution < 1.29 is 40.6 Å². The van der Waals surface area contributed by atoms with Crippen LogP contribution in [0.4, 0.5) is 26.3 Å². The lowest BCUT2D eigenvalue weighted by atomic mass is 10.1. The fraction of sp³-hybridized carbons (Fsp3) is 0.105. The number of benzene rings is 2. The molecule has 0 aliphatic rings. The minimum Gasteiger partial charge on any atom is -0.406 e. The third kappa shape index (κ3) is 7.98. The molecule has 0 saturated heterocycles. The standard InChI is InChI=1S/C19H12F6O3/c20-18(21,22)27-16-9-3-13(4-10-16)1-7-15(26)8-2-14-5-11-17(12-6-14)28-19(23,24)25/h1-12H. The molecular weight excluding hydrogens is 390 g/mol. The van der Waals surface area contributed by atoms with Gasteiger partial charge in [0.15, 0.2) is 5.78 Å². The Morgan fingerprint density at radius 3 is 1.25 bits per heavy atom. The molecule has 0 fully saturated rings. The zero-order chi connectivity index (χ0) is 20.8. The van der Waals surface area contributed by atoms with Crippen LogP contribution in [0.2, 0.25) is 0 Å². The van der Waals surface area contributed by atoms with Crippen LogP contribution in [-0.2, 0) is 4.79 Å². The molecule has 0 N–H and O–H groups in total. The Bertz CT molecular complexity index is 776. The van der Waals surface area contributed by atoms with Crippen molar-refractivity contribution in [2.45, 2.75) is 12.7 Å². The van der Waals surface area contributed by atoms with Crippen LogP contribution in [0.25, 0.3) is 12.2 Å². The molecule has 28 heavy (non-hydrogen) atoms. The van der Waals surface area contributed by atoms with E-state index in [1.165, 1.54) is 48.6 Å². The fourth-order valence-electron chi connectivity index (χ4n) is 1.97. The molecule has 0 aromatic heterocycles. The second-order valence-corrected chi connectivity index (χ2v) is 5.30. The third-order valence-electron chi connectivity index (χ3n) is 3.11. The molecule has 2 aromatic carbocycles. The van der Waals surface area contributed by atoms with Crippen molar-refractivity contribution in [2.24, 2.45) is 0 Å². The molecule has 0 aliphatic heterocycles. The van der Waals surface area contributed by atoms with Crippen molar-refractivity contribution >= 4 is 17.9 Å². The van der Waals surface area contributed by atoms with Gasteiger partial charge in [0.1, 0.15) is 11.5 Å². The number of ether oxygens (including phenoxy) is 2. The van der Waals surface area contributed by atoms with E-state index in [0.29, 0.717) is 11.1 Å². The van der Waals surface area contributed by atoms with Gasteiger partial charge in [0.05, 0.1) is 0 Å². The molecule has 0 heterocycles. The number of allylic oxidation sites excluding steroid dienone is 2. The molecule has 3 nitrogen and oxygen atoms in total. The molecule has 0 unspecified atom stereocenters. The van der Waals surface area contributed by atoms with E-state index in [4.69, 9.17) is 0 Å². The maximum Gasteiger partial charge on any atom is 0.573 e. The minimum absolute atomic E-state index is 0.381. The predicted molar refractivity (Wildman–Crippen MR) is 89.3 cm³/mol. The minimum atomic E-state index is -4.78. The van der Waals surface area contributed by atoms with Gasteiger partial charge < -0.3 is 9.47 Å². The second kappa shape index (κ2) is 8.64. The Kier molecular flexibility index (Phi) is 6.50. The average Bonchev–Trinajstić information content (AvgIpc) is 2.58. The maximum atomic E-state index is 12.1. The fourth-order valence-corrected chi connectivity index (χ4v) is 1.97. The van der Waals surface area contributed by atoms with Gasteiger partial charge in [0, 0.05) is 0 Å². The molecule has 2 rings (SSSR count). The van der Waals surface area contributed by atoms with Gasteiger partial charge in [-0.15, -0.1) is 26.3 Å². The number of carbonyl (C=O) groups is 1. The summed E-state index contributed by atoms with van der Waals surface area (Å²) in [7, 11) is 0. The van der Waals surface area contributed by atoms with Gasteiger partial charge in [0.2, 0.25) is 0 Å². The van der Waals surface area contributed by atoms with Crippen molar-refractivity contribution in [1.82, 2.24) is 0 Å². The van der Waals surface area contributed by atoms with E-state index in [1.807, 2.05) is 0 Å². The van der Waals surface area contributed by atoms with Gasteiger partial charge in [0.25, 0.3) is 0 Å². The molecular formula is C19H12F6O3. The summed E-state index contributed by atoms with van der Waals surface area (Å²) in [6.45, 7) is 0. The molecule has 0 radical (unpaired) electrons. The van der Waals surface area contributed by atoms with Crippen LogP contribution in [0.15, 0.2) is 60.7 Å². The van der Waals surface area contributed by atoms with E-state index in [1.54, 1.807) is 0 Å². The Labute approximate surface area is 155 Å². The number of hydrogen-bond donors (Lipinski definition) is 0. The largest absolute Gasteiger partial charge is 0.573 e. The van der Waals surface area contributed by atoms with E-state index < -0.39 is 18.5 Å². The summed E-state index contributed by atoms with van der Waals surface area (Å²) in [5, 5.41) is 0. The molecule has 0 amide bonds. The van der Waals surface area contributed by atoms with Crippen molar-refractivity contribution in [3.8, 4) is 11.5 Å². The summed E-state index contributed by atoms with van der Waals surface area (Å²) in [5.41, 5.74) is 0.954. The Hall–Kier alpha value is -3.23. The van der Waals surface area contributed by atoms with Crippen LogP contribution in [0.3, 0.4) is 0 Å². The maximum absolute atomic E-state index is 12.1. The van der Waals surface area contributed by atoms with Gasteiger partial charge in [-0.2, -0.15) is 0 Å². The summed E-state index contributed by atoms with van der Waals surface area (Å²) in [6, 6.07) is 9.80. The van der Waals surface area contributed by atoms with Gasteiger partial charge >= 0.3 is 12.7 Å². The summed E-state index contributed by atoms with van der Waals surface area (Å²) < 4.78 is 79.9. The van der Waals surface area contributed by atoms with E-state index in [-0.39, 0.29) is 11.5 Å². The quantitative estimate of drug-likeness (QED) is 0.454. The molecule has 0 spiro atoms. The van der Waals surface area contributed by atoms with E-state index in [0.717, 1.165) is 24.3 Å². The highest BCUT2D eigenvalue weighted by Crippen LogP contribution is 2.24. The zero-order valence-corrected chi connectivity index (χ0v) is 13.9. The van der Waals surface area contributed by atoms with Crippen LogP contribution in [-0.4, -0.2) is 18.5 Å². The van der Waals surface area contributed by atoms with Gasteiger partial charge in [-0.1, -0.05) is 36.4 Å². The molecule has 9 heteroatoms. The monoisotopic (exact) mass is 402 g/mol. The van der Waals surface area contributed by atoms with Crippen LogP contribution in [0.1, 0.15) is 11.1 Å². The van der Waals surface area contributed by atoms with Crippen LogP contribution < -0.4 is 9.47 Å². The first-order valence-corrected chi connectivity index (χ1v) is 7.62. The van der Waals surface area contributed by atoms with Crippen molar-refractivity contribution in [1.29, 1.82) is 0 Å². The molecule has 2 aromatic rings. The Morgan fingerprint density at radius 1 is 0.643 bits per heavy atom. The van der Waals surface area contributed by atoms with Crippen molar-refractivity contribution in [3.05, 3.63) is 71.8 Å². The third-order valence-corrected chi connectivity index (χ3v) is 3.11. The molecule has 0 saturated carbocycles.